The lowest BCUT2D eigenvalue weighted by molar-refractivity contribution is -0.137. The zero-order valence-electron chi connectivity index (χ0n) is 12.7. The molecule has 0 spiro atoms. The second-order valence-electron chi connectivity index (χ2n) is 4.49. The lowest BCUT2D eigenvalue weighted by Gasteiger charge is -1.99. The number of hydrogen-bond donors (Lipinski definition) is 1. The Kier molecular flexibility index (Phi) is 4.80. The van der Waals surface area contributed by atoms with Gasteiger partial charge in [0, 0.05) is 18.9 Å². The number of fused-ring (bicyclic) bond motifs is 1. The van der Waals surface area contributed by atoms with Crippen molar-refractivity contribution < 1.29 is 9.53 Å². The molecule has 24 heavy (non-hydrogen) atoms. The Balaban J connectivity index is 1.77. The molecule has 0 unspecified atom stereocenters. The number of hydrogen-bond acceptors (Lipinski definition) is 10. The van der Waals surface area contributed by atoms with Gasteiger partial charge >= 0.3 is 5.97 Å². The number of ether oxygens (including phenoxy) is 1. The Morgan fingerprint density at radius 2 is 2.21 bits per heavy atom. The average molecular weight is 368 g/mol. The lowest BCUT2D eigenvalue weighted by Crippen LogP contribution is -2.15. The van der Waals surface area contributed by atoms with Gasteiger partial charge in [-0.3, -0.25) is 14.7 Å². The zero-order valence-corrected chi connectivity index (χ0v) is 14.3. The average Bonchev–Trinajstić information content (AvgIpc) is 3.16. The molecule has 11 nitrogen and oxygen atoms in total. The van der Waals surface area contributed by atoms with Crippen LogP contribution in [0.2, 0.25) is 0 Å². The van der Waals surface area contributed by atoms with E-state index in [4.69, 9.17) is 0 Å². The van der Waals surface area contributed by atoms with Crippen LogP contribution >= 0.6 is 23.5 Å². The number of aryl methyl sites for hydroxylation is 1. The predicted molar refractivity (Wildman–Crippen MR) is 84.7 cm³/mol. The summed E-state index contributed by atoms with van der Waals surface area (Å²) in [6.45, 7) is 0. The molecule has 0 fully saturated rings. The molecule has 0 aliphatic carbocycles. The Labute approximate surface area is 143 Å². The molecule has 0 saturated carbocycles. The number of H-pyrrole nitrogens is 1. The standard InChI is InChI=1S/C11H12N8O3S2/c1-18-11(14-16-17-18)24-4-6-3-7(20)19-9(12-6)13-10(15-19)23-5-8(21)22-2/h3H,4-5H2,1-2H3,(H,12,13,15). The van der Waals surface area contributed by atoms with E-state index in [0.29, 0.717) is 21.8 Å². The maximum absolute atomic E-state index is 12.1. The number of carbonyl (C=O) groups excluding carboxylic acids is 1. The van der Waals surface area contributed by atoms with Crippen LogP contribution in [0.25, 0.3) is 5.78 Å². The molecular weight excluding hydrogens is 356 g/mol. The fraction of sp³-hybridized carbons (Fsp3) is 0.364. The van der Waals surface area contributed by atoms with E-state index in [0.717, 1.165) is 11.8 Å². The molecule has 0 aliphatic rings. The molecule has 0 aromatic carbocycles. The van der Waals surface area contributed by atoms with E-state index in [-0.39, 0.29) is 23.1 Å². The number of esters is 1. The quantitative estimate of drug-likeness (QED) is 0.448. The van der Waals surface area contributed by atoms with Crippen LogP contribution in [0, 0.1) is 0 Å². The van der Waals surface area contributed by atoms with Crippen molar-refractivity contribution in [3.05, 3.63) is 22.1 Å². The van der Waals surface area contributed by atoms with Crippen LogP contribution in [0.1, 0.15) is 5.69 Å². The maximum Gasteiger partial charge on any atom is 0.316 e. The second kappa shape index (κ2) is 7.00. The van der Waals surface area contributed by atoms with Crippen LogP contribution in [0.4, 0.5) is 0 Å². The molecule has 3 heterocycles. The number of aromatic nitrogens is 8. The van der Waals surface area contributed by atoms with E-state index in [1.807, 2.05) is 0 Å². The third-order valence-corrected chi connectivity index (χ3v) is 4.73. The van der Waals surface area contributed by atoms with Gasteiger partial charge in [0.25, 0.3) is 11.3 Å². The van der Waals surface area contributed by atoms with E-state index >= 15 is 0 Å². The van der Waals surface area contributed by atoms with E-state index in [2.05, 4.69) is 35.3 Å². The topological polar surface area (TPSA) is 133 Å². The fourth-order valence-electron chi connectivity index (χ4n) is 1.71. The first kappa shape index (κ1) is 16.4. The molecule has 3 aromatic rings. The molecule has 3 aromatic heterocycles. The van der Waals surface area contributed by atoms with Gasteiger partial charge in [-0.2, -0.15) is 9.50 Å². The molecular formula is C11H12N8O3S2. The minimum absolute atomic E-state index is 0.0902. The molecule has 13 heteroatoms. The summed E-state index contributed by atoms with van der Waals surface area (Å²) in [7, 11) is 3.04. The van der Waals surface area contributed by atoms with Crippen molar-refractivity contribution in [2.45, 2.75) is 16.1 Å². The molecule has 1 N–H and O–H groups in total. The van der Waals surface area contributed by atoms with Gasteiger partial charge in [0.1, 0.15) is 0 Å². The van der Waals surface area contributed by atoms with Gasteiger partial charge in [0.05, 0.1) is 18.6 Å². The molecule has 0 atom stereocenters. The molecule has 0 bridgehead atoms. The third-order valence-electron chi connectivity index (χ3n) is 2.85. The second-order valence-corrected chi connectivity index (χ2v) is 6.39. The molecule has 126 valence electrons. The van der Waals surface area contributed by atoms with Gasteiger partial charge < -0.3 is 4.74 Å². The summed E-state index contributed by atoms with van der Waals surface area (Å²) in [6.07, 6.45) is 0. The number of nitrogens with zero attached hydrogens (tertiary/aromatic N) is 7. The molecule has 0 saturated heterocycles. The summed E-state index contributed by atoms with van der Waals surface area (Å²) in [4.78, 5) is 31.8. The normalized spacial score (nSPS) is 11.1. The summed E-state index contributed by atoms with van der Waals surface area (Å²) >= 11 is 2.49. The summed E-state index contributed by atoms with van der Waals surface area (Å²) in [5.74, 6) is 0.376. The highest BCUT2D eigenvalue weighted by Crippen LogP contribution is 2.18. The van der Waals surface area contributed by atoms with E-state index in [1.165, 1.54) is 34.1 Å². The molecule has 0 radical (unpaired) electrons. The van der Waals surface area contributed by atoms with Crippen LogP contribution < -0.4 is 5.56 Å². The monoisotopic (exact) mass is 368 g/mol. The van der Waals surface area contributed by atoms with Crippen molar-refractivity contribution in [1.82, 2.24) is 39.8 Å². The molecule has 0 aliphatic heterocycles. The molecule has 0 amide bonds. The van der Waals surface area contributed by atoms with Gasteiger partial charge in [-0.05, 0) is 10.4 Å². The summed E-state index contributed by atoms with van der Waals surface area (Å²) in [5, 5.41) is 15.0. The molecule has 3 rings (SSSR count). The van der Waals surface area contributed by atoms with Crippen molar-refractivity contribution in [2.75, 3.05) is 12.9 Å². The first-order valence-corrected chi connectivity index (χ1v) is 8.57. The van der Waals surface area contributed by atoms with Crippen molar-refractivity contribution in [1.29, 1.82) is 0 Å². The number of aromatic amines is 1. The van der Waals surface area contributed by atoms with Gasteiger partial charge in [-0.1, -0.05) is 23.5 Å². The first-order valence-electron chi connectivity index (χ1n) is 6.60. The Hall–Kier alpha value is -2.41. The zero-order chi connectivity index (χ0) is 17.1. The van der Waals surface area contributed by atoms with Crippen LogP contribution in [0.15, 0.2) is 21.2 Å². The highest BCUT2D eigenvalue weighted by Gasteiger charge is 2.11. The fourth-order valence-corrected chi connectivity index (χ4v) is 3.13. The van der Waals surface area contributed by atoms with E-state index in [1.54, 1.807) is 7.05 Å². The lowest BCUT2D eigenvalue weighted by atomic mass is 10.4. The van der Waals surface area contributed by atoms with Gasteiger partial charge in [-0.15, -0.1) is 5.10 Å². The summed E-state index contributed by atoms with van der Waals surface area (Å²) in [6, 6.07) is 1.41. The highest BCUT2D eigenvalue weighted by molar-refractivity contribution is 7.99. The van der Waals surface area contributed by atoms with Crippen LogP contribution in [-0.2, 0) is 22.3 Å². The highest BCUT2D eigenvalue weighted by atomic mass is 32.2. The third kappa shape index (κ3) is 3.56. The Morgan fingerprint density at radius 3 is 2.92 bits per heavy atom. The van der Waals surface area contributed by atoms with Crippen LogP contribution in [-0.4, -0.2) is 58.6 Å². The smallest absolute Gasteiger partial charge is 0.316 e. The van der Waals surface area contributed by atoms with Gasteiger partial charge in [-0.25, -0.2) is 9.67 Å². The number of thioether (sulfide) groups is 2. The minimum atomic E-state index is -0.380. The number of tetrazole rings is 1. The number of carbonyl (C=O) groups is 1. The largest absolute Gasteiger partial charge is 0.468 e. The summed E-state index contributed by atoms with van der Waals surface area (Å²) < 4.78 is 7.31. The Morgan fingerprint density at radius 1 is 1.38 bits per heavy atom. The minimum Gasteiger partial charge on any atom is -0.468 e. The van der Waals surface area contributed by atoms with Gasteiger partial charge in [0.2, 0.25) is 5.16 Å². The summed E-state index contributed by atoms with van der Waals surface area (Å²) in [5.41, 5.74) is 0.271. The number of nitrogens with one attached hydrogen (secondary N) is 1. The van der Waals surface area contributed by atoms with Crippen molar-refractivity contribution in [3.63, 3.8) is 0 Å². The van der Waals surface area contributed by atoms with E-state index < -0.39 is 0 Å². The first-order chi connectivity index (χ1) is 11.6. The van der Waals surface area contributed by atoms with Crippen LogP contribution in [0.3, 0.4) is 0 Å². The van der Waals surface area contributed by atoms with E-state index in [9.17, 15) is 9.59 Å². The van der Waals surface area contributed by atoms with Gasteiger partial charge in [0.15, 0.2) is 5.16 Å². The van der Waals surface area contributed by atoms with Crippen molar-refractivity contribution >= 4 is 35.3 Å². The van der Waals surface area contributed by atoms with Crippen molar-refractivity contribution in [3.8, 4) is 0 Å². The SMILES string of the molecule is COC(=O)CSc1nc2nc(CSc3nnnn3C)cc(=O)n2[nH]1. The predicted octanol–water partition coefficient (Wildman–Crippen LogP) is -0.502. The number of rotatable bonds is 6. The Bertz CT molecular complexity index is 933. The van der Waals surface area contributed by atoms with Crippen molar-refractivity contribution in [2.24, 2.45) is 7.05 Å². The maximum atomic E-state index is 12.1. The number of methoxy groups -OCH3 is 1. The van der Waals surface area contributed by atoms with Crippen LogP contribution in [0.5, 0.6) is 0 Å².